The highest BCUT2D eigenvalue weighted by atomic mass is 35.5. The number of nitrogens with two attached hydrogens (primary N) is 1. The fourth-order valence-electron chi connectivity index (χ4n) is 7.58. The number of carboxylic acids is 1. The average molecular weight is 615 g/mol. The van der Waals surface area contributed by atoms with E-state index in [-0.39, 0.29) is 28.7 Å². The molecule has 2 aromatic rings. The smallest absolute Gasteiger partial charge is 0.335 e. The molecule has 0 amide bonds. The van der Waals surface area contributed by atoms with Crippen molar-refractivity contribution in [3.63, 3.8) is 0 Å². The van der Waals surface area contributed by atoms with Crippen molar-refractivity contribution >= 4 is 33.3 Å². The van der Waals surface area contributed by atoms with Gasteiger partial charge in [0.2, 0.25) is 10.0 Å². The second-order valence-corrected chi connectivity index (χ2v) is 14.9. The minimum atomic E-state index is -3.52. The standard InChI is InChI=1S/C32H39ClN2O6S/c33-24-9-11-26-21(15-24)4-2-14-32(26)18-35(27-16-22(31(37)38)7-12-29(27)41-19-32)17-23-6-10-25(23)28(36)5-1-3-20-8-13-30(20)42(34,39)40/h1,5,7,9,11-12,15-16,20,23,25,28,30,36H,2-4,6,8,10,13-14,17-19H2,(H,37,38)(H2,34,39,40)/b5-1+/t20-,23+,25-,28?,30-,32+/m1/s1. The van der Waals surface area contributed by atoms with Crippen molar-refractivity contribution in [1.82, 2.24) is 0 Å². The first-order valence-electron chi connectivity index (χ1n) is 14.9. The highest BCUT2D eigenvalue weighted by Crippen LogP contribution is 2.47. The lowest BCUT2D eigenvalue weighted by Gasteiger charge is -2.45. The number of ether oxygens (including phenoxy) is 1. The minimum Gasteiger partial charge on any atom is -0.490 e. The van der Waals surface area contributed by atoms with Crippen LogP contribution in [0.25, 0.3) is 0 Å². The third-order valence-electron chi connectivity index (χ3n) is 10.2. The van der Waals surface area contributed by atoms with Gasteiger partial charge in [0.15, 0.2) is 0 Å². The van der Waals surface area contributed by atoms with E-state index in [9.17, 15) is 23.4 Å². The highest BCUT2D eigenvalue weighted by molar-refractivity contribution is 7.89. The Morgan fingerprint density at radius 1 is 1.17 bits per heavy atom. The highest BCUT2D eigenvalue weighted by Gasteiger charge is 2.44. The molecule has 0 aromatic heterocycles. The van der Waals surface area contributed by atoms with Crippen LogP contribution < -0.4 is 14.8 Å². The third kappa shape index (κ3) is 5.68. The van der Waals surface area contributed by atoms with Gasteiger partial charge in [-0.25, -0.2) is 18.4 Å². The molecule has 3 aliphatic carbocycles. The van der Waals surface area contributed by atoms with Gasteiger partial charge < -0.3 is 19.8 Å². The maximum atomic E-state index is 11.9. The van der Waals surface area contributed by atoms with Crippen molar-refractivity contribution in [2.45, 2.75) is 68.1 Å². The van der Waals surface area contributed by atoms with E-state index >= 15 is 0 Å². The molecule has 42 heavy (non-hydrogen) atoms. The van der Waals surface area contributed by atoms with E-state index in [1.807, 2.05) is 18.2 Å². The van der Waals surface area contributed by atoms with E-state index < -0.39 is 27.3 Å². The second kappa shape index (κ2) is 11.5. The maximum Gasteiger partial charge on any atom is 0.335 e. The molecule has 1 aliphatic heterocycles. The number of primary sulfonamides is 1. The average Bonchev–Trinajstić information content (AvgIpc) is 3.04. The van der Waals surface area contributed by atoms with Crippen LogP contribution in [-0.2, 0) is 21.9 Å². The minimum absolute atomic E-state index is 0.0158. The predicted octanol–water partition coefficient (Wildman–Crippen LogP) is 4.91. The number of sulfonamides is 1. The molecule has 6 rings (SSSR count). The number of halogens is 1. The first kappa shape index (κ1) is 29.5. The van der Waals surface area contributed by atoms with E-state index in [0.29, 0.717) is 38.3 Å². The van der Waals surface area contributed by atoms with Gasteiger partial charge in [-0.2, -0.15) is 0 Å². The number of aliphatic hydroxyl groups is 1. The van der Waals surface area contributed by atoms with Gasteiger partial charge in [0.05, 0.1) is 29.2 Å². The molecule has 6 atom stereocenters. The van der Waals surface area contributed by atoms with Crippen LogP contribution in [0.3, 0.4) is 0 Å². The van der Waals surface area contributed by atoms with Gasteiger partial charge in [-0.3, -0.25) is 0 Å². The van der Waals surface area contributed by atoms with Crippen LogP contribution >= 0.6 is 11.6 Å². The van der Waals surface area contributed by atoms with Gasteiger partial charge in [-0.15, -0.1) is 0 Å². The molecular formula is C32H39ClN2O6S. The second-order valence-electron chi connectivity index (χ2n) is 12.7. The van der Waals surface area contributed by atoms with Gasteiger partial charge in [-0.05, 0) is 111 Å². The largest absolute Gasteiger partial charge is 0.490 e. The van der Waals surface area contributed by atoms with E-state index in [2.05, 4.69) is 17.0 Å². The van der Waals surface area contributed by atoms with Crippen LogP contribution in [-0.4, -0.2) is 55.7 Å². The van der Waals surface area contributed by atoms with Crippen LogP contribution in [0.1, 0.15) is 66.4 Å². The zero-order valence-electron chi connectivity index (χ0n) is 23.6. The Hall–Kier alpha value is -2.59. The van der Waals surface area contributed by atoms with E-state index in [4.69, 9.17) is 21.5 Å². The van der Waals surface area contributed by atoms with Crippen molar-refractivity contribution in [2.75, 3.05) is 24.6 Å². The number of aryl methyl sites for hydroxylation is 1. The molecule has 2 aromatic carbocycles. The SMILES string of the molecule is NS(=O)(=O)[C@@H]1CC[C@H]1C/C=C/C(O)[C@@H]1CC[C@H]1CN1C[C@@]2(CCCc3cc(Cl)ccc32)COc2ccc(C(=O)O)cc21. The summed E-state index contributed by atoms with van der Waals surface area (Å²) < 4.78 is 29.9. The number of carboxylic acid groups (broad SMARTS) is 1. The van der Waals surface area contributed by atoms with Crippen molar-refractivity contribution < 1.29 is 28.2 Å². The van der Waals surface area contributed by atoms with Crippen molar-refractivity contribution in [3.8, 4) is 5.75 Å². The normalized spacial score (nSPS) is 29.5. The maximum absolute atomic E-state index is 11.9. The monoisotopic (exact) mass is 614 g/mol. The Bertz CT molecular complexity index is 1500. The molecule has 0 saturated heterocycles. The van der Waals surface area contributed by atoms with Crippen molar-refractivity contribution in [3.05, 3.63) is 70.3 Å². The van der Waals surface area contributed by atoms with Crippen LogP contribution in [0.4, 0.5) is 5.69 Å². The summed E-state index contributed by atoms with van der Waals surface area (Å²) in [5, 5.41) is 26.4. The number of carbonyl (C=O) groups is 1. The molecular weight excluding hydrogens is 576 g/mol. The van der Waals surface area contributed by atoms with Crippen LogP contribution in [0, 0.1) is 17.8 Å². The predicted molar refractivity (Wildman–Crippen MR) is 163 cm³/mol. The summed E-state index contributed by atoms with van der Waals surface area (Å²) in [5.74, 6) is 0.00419. The Morgan fingerprint density at radius 2 is 1.98 bits per heavy atom. The summed E-state index contributed by atoms with van der Waals surface area (Å²) in [6.07, 6.45) is 9.95. The Labute approximate surface area is 252 Å². The Morgan fingerprint density at radius 3 is 2.67 bits per heavy atom. The molecule has 8 nitrogen and oxygen atoms in total. The van der Waals surface area contributed by atoms with Gasteiger partial charge in [0.1, 0.15) is 5.75 Å². The summed E-state index contributed by atoms with van der Waals surface area (Å²) in [7, 11) is -3.52. The Balaban J connectivity index is 1.23. The van der Waals surface area contributed by atoms with Crippen molar-refractivity contribution in [1.29, 1.82) is 0 Å². The molecule has 0 bridgehead atoms. The molecule has 4 aliphatic rings. The van der Waals surface area contributed by atoms with E-state index in [0.717, 1.165) is 49.2 Å². The summed E-state index contributed by atoms with van der Waals surface area (Å²) in [6.45, 7) is 1.86. The molecule has 2 saturated carbocycles. The number of fused-ring (bicyclic) bond motifs is 3. The molecule has 1 heterocycles. The topological polar surface area (TPSA) is 130 Å². The zero-order valence-corrected chi connectivity index (χ0v) is 25.2. The number of allylic oxidation sites excluding steroid dienone is 1. The van der Waals surface area contributed by atoms with Crippen LogP contribution in [0.2, 0.25) is 5.02 Å². The van der Waals surface area contributed by atoms with Gasteiger partial charge >= 0.3 is 5.97 Å². The van der Waals surface area contributed by atoms with Gasteiger partial charge in [0.25, 0.3) is 0 Å². The number of rotatable bonds is 8. The summed E-state index contributed by atoms with van der Waals surface area (Å²) in [5.41, 5.74) is 3.23. The number of hydrogen-bond donors (Lipinski definition) is 3. The van der Waals surface area contributed by atoms with Crippen molar-refractivity contribution in [2.24, 2.45) is 22.9 Å². The molecule has 0 radical (unpaired) electrons. The molecule has 10 heteroatoms. The zero-order chi connectivity index (χ0) is 29.6. The number of aliphatic hydroxyl groups excluding tert-OH is 1. The molecule has 1 spiro atoms. The fourth-order valence-corrected chi connectivity index (χ4v) is 9.02. The number of benzene rings is 2. The number of anilines is 1. The first-order valence-corrected chi connectivity index (χ1v) is 16.9. The van der Waals surface area contributed by atoms with E-state index in [1.54, 1.807) is 18.2 Å². The third-order valence-corrected chi connectivity index (χ3v) is 11.9. The molecule has 226 valence electrons. The number of nitrogens with zero attached hydrogens (tertiary/aromatic N) is 1. The Kier molecular flexibility index (Phi) is 8.06. The summed E-state index contributed by atoms with van der Waals surface area (Å²) in [4.78, 5) is 14.2. The quantitative estimate of drug-likeness (QED) is 0.360. The lowest BCUT2D eigenvalue weighted by molar-refractivity contribution is 0.0455. The molecule has 1 unspecified atom stereocenters. The van der Waals surface area contributed by atoms with Crippen LogP contribution in [0.15, 0.2) is 48.6 Å². The number of hydrogen-bond acceptors (Lipinski definition) is 6. The van der Waals surface area contributed by atoms with Crippen LogP contribution in [0.5, 0.6) is 5.75 Å². The molecule has 4 N–H and O–H groups in total. The summed E-state index contributed by atoms with van der Waals surface area (Å²) >= 11 is 6.36. The lowest BCUT2D eigenvalue weighted by Crippen LogP contribution is -2.49. The van der Waals surface area contributed by atoms with E-state index in [1.165, 1.54) is 11.1 Å². The summed E-state index contributed by atoms with van der Waals surface area (Å²) in [6, 6.07) is 11.2. The van der Waals surface area contributed by atoms with Gasteiger partial charge in [-0.1, -0.05) is 29.8 Å². The first-order chi connectivity index (χ1) is 20.0. The van der Waals surface area contributed by atoms with Gasteiger partial charge in [0, 0.05) is 23.5 Å². The lowest BCUT2D eigenvalue weighted by atomic mass is 9.68. The fraction of sp³-hybridized carbons (Fsp3) is 0.531. The number of aromatic carboxylic acids is 1. The molecule has 2 fully saturated rings.